The van der Waals surface area contributed by atoms with Crippen molar-refractivity contribution in [1.82, 2.24) is 0 Å². The maximum Gasteiger partial charge on any atom is 0.0556 e. The van der Waals surface area contributed by atoms with Crippen LogP contribution in [0, 0.1) is 13.8 Å². The van der Waals surface area contributed by atoms with E-state index >= 15 is 0 Å². The number of para-hydroxylation sites is 1. The molecule has 0 aliphatic heterocycles. The summed E-state index contributed by atoms with van der Waals surface area (Å²) in [5, 5.41) is 0. The number of allylic oxidation sites excluding steroid dienone is 9. The second kappa shape index (κ2) is 12.3. The van der Waals surface area contributed by atoms with Crippen molar-refractivity contribution in [2.45, 2.75) is 90.5 Å². The highest BCUT2D eigenvalue weighted by Gasteiger charge is 2.47. The van der Waals surface area contributed by atoms with E-state index in [9.17, 15) is 0 Å². The van der Waals surface area contributed by atoms with E-state index in [0.717, 1.165) is 32.1 Å². The molecular weight excluding hydrogens is 629 g/mol. The minimum absolute atomic E-state index is 0.157. The van der Waals surface area contributed by atoms with Gasteiger partial charge in [-0.15, -0.1) is 0 Å². The SMILES string of the molecule is Cc1cc(N(C2=CCCC=C2)c2ccccc2)cc2c1-c1ccc3c(c1C2(C)C)C(C)(C)c1cc(N(C2=CC=CCC2)C2C=CC=CC2)cc(C)c1-3. The third-order valence-electron chi connectivity index (χ3n) is 12.4. The Balaban J connectivity index is 1.18. The molecule has 0 aromatic heterocycles. The number of fused-ring (bicyclic) bond motifs is 7. The van der Waals surface area contributed by atoms with E-state index in [1.165, 1.54) is 84.1 Å². The maximum absolute atomic E-state index is 2.63. The molecule has 5 aliphatic rings. The van der Waals surface area contributed by atoms with E-state index in [1.54, 1.807) is 0 Å². The molecule has 0 spiro atoms. The van der Waals surface area contributed by atoms with Crippen molar-refractivity contribution in [1.29, 1.82) is 0 Å². The van der Waals surface area contributed by atoms with Crippen LogP contribution in [-0.4, -0.2) is 6.04 Å². The minimum Gasteiger partial charge on any atom is -0.338 e. The average Bonchev–Trinajstić information content (AvgIpc) is 3.53. The average molecular weight is 679 g/mol. The number of hydrogen-bond acceptors (Lipinski definition) is 2. The molecule has 0 saturated heterocycles. The van der Waals surface area contributed by atoms with Crippen LogP contribution >= 0.6 is 0 Å². The smallest absolute Gasteiger partial charge is 0.0556 e. The Morgan fingerprint density at radius 3 is 1.90 bits per heavy atom. The molecule has 9 rings (SSSR count). The lowest BCUT2D eigenvalue weighted by Gasteiger charge is -2.36. The van der Waals surface area contributed by atoms with Crippen molar-refractivity contribution < 1.29 is 0 Å². The Bertz CT molecular complexity index is 2300. The van der Waals surface area contributed by atoms with E-state index in [1.807, 2.05) is 0 Å². The molecule has 0 bridgehead atoms. The first kappa shape index (κ1) is 32.8. The van der Waals surface area contributed by atoms with Gasteiger partial charge in [-0.25, -0.2) is 0 Å². The summed E-state index contributed by atoms with van der Waals surface area (Å²) in [7, 11) is 0. The summed E-state index contributed by atoms with van der Waals surface area (Å²) in [4.78, 5) is 5.08. The van der Waals surface area contributed by atoms with Gasteiger partial charge in [-0.05, 0) is 150 Å². The fraction of sp³-hybridized carbons (Fsp3) is 0.280. The zero-order chi connectivity index (χ0) is 35.8. The van der Waals surface area contributed by atoms with Crippen molar-refractivity contribution in [3.63, 3.8) is 0 Å². The lowest BCUT2D eigenvalue weighted by atomic mass is 9.72. The van der Waals surface area contributed by atoms with Gasteiger partial charge >= 0.3 is 0 Å². The summed E-state index contributed by atoms with van der Waals surface area (Å²) < 4.78 is 0. The van der Waals surface area contributed by atoms with Crippen LogP contribution in [0.1, 0.15) is 93.2 Å². The molecule has 52 heavy (non-hydrogen) atoms. The van der Waals surface area contributed by atoms with E-state index in [4.69, 9.17) is 0 Å². The highest BCUT2D eigenvalue weighted by molar-refractivity contribution is 5.95. The monoisotopic (exact) mass is 678 g/mol. The molecule has 0 radical (unpaired) electrons. The molecule has 0 fully saturated rings. The summed E-state index contributed by atoms with van der Waals surface area (Å²) in [5.41, 5.74) is 20.3. The van der Waals surface area contributed by atoms with E-state index in [0.29, 0.717) is 6.04 Å². The molecule has 0 N–H and O–H groups in total. The topological polar surface area (TPSA) is 6.48 Å². The van der Waals surface area contributed by atoms with Crippen molar-refractivity contribution >= 4 is 17.1 Å². The molecule has 4 aromatic rings. The van der Waals surface area contributed by atoms with Gasteiger partial charge in [0, 0.05) is 39.3 Å². The zero-order valence-corrected chi connectivity index (χ0v) is 31.6. The van der Waals surface area contributed by atoms with Gasteiger partial charge in [-0.2, -0.15) is 0 Å². The maximum atomic E-state index is 2.63. The number of benzene rings is 4. The number of anilines is 3. The molecule has 0 heterocycles. The summed E-state index contributed by atoms with van der Waals surface area (Å²) >= 11 is 0. The molecule has 4 aromatic carbocycles. The zero-order valence-electron chi connectivity index (χ0n) is 31.6. The van der Waals surface area contributed by atoms with Crippen LogP contribution < -0.4 is 9.80 Å². The van der Waals surface area contributed by atoms with Crippen LogP contribution in [0.2, 0.25) is 0 Å². The lowest BCUT2D eigenvalue weighted by molar-refractivity contribution is 0.600. The fourth-order valence-corrected chi connectivity index (χ4v) is 10.0. The summed E-state index contributed by atoms with van der Waals surface area (Å²) in [6, 6.07) is 26.0. The van der Waals surface area contributed by atoms with Crippen molar-refractivity contribution in [2.24, 2.45) is 0 Å². The largest absolute Gasteiger partial charge is 0.338 e. The first-order valence-electron chi connectivity index (χ1n) is 19.4. The van der Waals surface area contributed by atoms with Crippen LogP contribution in [-0.2, 0) is 10.8 Å². The summed E-state index contributed by atoms with van der Waals surface area (Å²) in [5.74, 6) is 0. The Labute approximate surface area is 310 Å². The van der Waals surface area contributed by atoms with Crippen LogP contribution in [0.25, 0.3) is 22.3 Å². The van der Waals surface area contributed by atoms with Gasteiger partial charge in [0.05, 0.1) is 6.04 Å². The molecule has 0 saturated carbocycles. The first-order valence-corrected chi connectivity index (χ1v) is 19.4. The predicted molar refractivity (Wildman–Crippen MR) is 222 cm³/mol. The van der Waals surface area contributed by atoms with Gasteiger partial charge in [-0.3, -0.25) is 0 Å². The predicted octanol–water partition coefficient (Wildman–Crippen LogP) is 13.2. The molecule has 1 atom stereocenters. The standard InChI is InChI=1S/C50H50N2/c1-33-29-39(51(35-19-11-7-12-20-35)36-21-13-8-14-22-36)31-43-45(33)41-27-28-42-46-34(2)30-40(32-44(46)50(5,6)48(42)47(41)49(43,3)4)52(37-23-15-9-16-24-37)38-25-17-10-18-26-38/h7-9,11-13,15-17,19,21,23-32,35H,10,14,18,20,22H2,1-6H3. The molecule has 5 aliphatic carbocycles. The second-order valence-electron chi connectivity index (χ2n) is 16.4. The normalized spacial score (nSPS) is 19.8. The van der Waals surface area contributed by atoms with Crippen LogP contribution in [0.3, 0.4) is 0 Å². The van der Waals surface area contributed by atoms with Gasteiger partial charge in [0.2, 0.25) is 0 Å². The van der Waals surface area contributed by atoms with E-state index < -0.39 is 0 Å². The Kier molecular flexibility index (Phi) is 7.74. The number of rotatable bonds is 6. The highest BCUT2D eigenvalue weighted by Crippen LogP contribution is 2.61. The van der Waals surface area contributed by atoms with Crippen molar-refractivity contribution in [3.05, 3.63) is 172 Å². The molecule has 2 heteroatoms. The number of nitrogens with zero attached hydrogens (tertiary/aromatic N) is 2. The van der Waals surface area contributed by atoms with Crippen LogP contribution in [0.4, 0.5) is 17.1 Å². The Morgan fingerprint density at radius 1 is 0.635 bits per heavy atom. The third-order valence-corrected chi connectivity index (χ3v) is 12.4. The van der Waals surface area contributed by atoms with Crippen molar-refractivity contribution in [2.75, 3.05) is 9.80 Å². The molecule has 1 unspecified atom stereocenters. The molecular formula is C50H50N2. The lowest BCUT2D eigenvalue weighted by Crippen LogP contribution is -2.34. The van der Waals surface area contributed by atoms with Gasteiger partial charge in [0.25, 0.3) is 0 Å². The molecule has 0 amide bonds. The van der Waals surface area contributed by atoms with Crippen molar-refractivity contribution in [3.8, 4) is 22.3 Å². The van der Waals surface area contributed by atoms with Gasteiger partial charge in [0.1, 0.15) is 0 Å². The Hall–Kier alpha value is -5.08. The summed E-state index contributed by atoms with van der Waals surface area (Å²) in [6.45, 7) is 14.6. The number of aryl methyl sites for hydroxylation is 2. The quantitative estimate of drug-likeness (QED) is 0.200. The summed E-state index contributed by atoms with van der Waals surface area (Å²) in [6.07, 6.45) is 28.3. The van der Waals surface area contributed by atoms with E-state index in [-0.39, 0.29) is 10.8 Å². The minimum atomic E-state index is -0.170. The molecule has 2 nitrogen and oxygen atoms in total. The van der Waals surface area contributed by atoms with Crippen LogP contribution in [0.5, 0.6) is 0 Å². The second-order valence-corrected chi connectivity index (χ2v) is 16.4. The Morgan fingerprint density at radius 2 is 1.31 bits per heavy atom. The van der Waals surface area contributed by atoms with Gasteiger partial charge in [0.15, 0.2) is 0 Å². The van der Waals surface area contributed by atoms with Gasteiger partial charge < -0.3 is 9.80 Å². The highest BCUT2D eigenvalue weighted by atomic mass is 15.2. The third kappa shape index (κ3) is 4.98. The van der Waals surface area contributed by atoms with Gasteiger partial charge in [-0.1, -0.05) is 107 Å². The fourth-order valence-electron chi connectivity index (χ4n) is 10.0. The first-order chi connectivity index (χ1) is 25.2. The van der Waals surface area contributed by atoms with Crippen LogP contribution in [0.15, 0.2) is 139 Å². The molecule has 260 valence electrons. The van der Waals surface area contributed by atoms with E-state index in [2.05, 4.69) is 179 Å². The number of hydrogen-bond donors (Lipinski definition) is 0.